The van der Waals surface area contributed by atoms with Crippen LogP contribution in [0, 0.1) is 6.92 Å². The Morgan fingerprint density at radius 2 is 2.41 bits per heavy atom. The first kappa shape index (κ1) is 12.5. The van der Waals surface area contributed by atoms with E-state index in [-0.39, 0.29) is 0 Å². The molecule has 0 bridgehead atoms. The van der Waals surface area contributed by atoms with Crippen LogP contribution in [0.1, 0.15) is 30.5 Å². The molecule has 2 heterocycles. The number of hydrogen-bond acceptors (Lipinski definition) is 3. The van der Waals surface area contributed by atoms with Gasteiger partial charge < -0.3 is 10.1 Å². The molecule has 94 valence electrons. The van der Waals surface area contributed by atoms with Gasteiger partial charge in [0.1, 0.15) is 0 Å². The summed E-state index contributed by atoms with van der Waals surface area (Å²) in [6, 6.07) is 4.49. The fraction of sp³-hybridized carbons (Fsp3) is 0.643. The van der Waals surface area contributed by atoms with Gasteiger partial charge in [0.05, 0.1) is 6.10 Å². The molecule has 0 amide bonds. The Labute approximate surface area is 104 Å². The zero-order chi connectivity index (χ0) is 12.1. The van der Waals surface area contributed by atoms with Crippen LogP contribution < -0.4 is 5.32 Å². The number of hydrogen-bond donors (Lipinski definition) is 1. The van der Waals surface area contributed by atoms with Crippen molar-refractivity contribution in [3.8, 4) is 0 Å². The van der Waals surface area contributed by atoms with Crippen LogP contribution in [0.5, 0.6) is 0 Å². The maximum absolute atomic E-state index is 5.85. The summed E-state index contributed by atoms with van der Waals surface area (Å²) in [7, 11) is 2.01. The SMILES string of the molecule is CNC(Cc1ncccc1C)C1CCCCO1. The van der Waals surface area contributed by atoms with Gasteiger partial charge in [-0.3, -0.25) is 4.98 Å². The zero-order valence-corrected chi connectivity index (χ0v) is 10.8. The van der Waals surface area contributed by atoms with E-state index in [0.29, 0.717) is 12.1 Å². The van der Waals surface area contributed by atoms with E-state index in [4.69, 9.17) is 4.74 Å². The van der Waals surface area contributed by atoms with Crippen molar-refractivity contribution >= 4 is 0 Å². The van der Waals surface area contributed by atoms with Crippen molar-refractivity contribution in [2.45, 2.75) is 44.8 Å². The summed E-state index contributed by atoms with van der Waals surface area (Å²) in [5.41, 5.74) is 2.45. The number of aryl methyl sites for hydroxylation is 1. The first-order valence-corrected chi connectivity index (χ1v) is 6.50. The number of likely N-dealkylation sites (N-methyl/N-ethyl adjacent to an activating group) is 1. The van der Waals surface area contributed by atoms with E-state index in [1.807, 2.05) is 19.3 Å². The Bertz CT molecular complexity index is 348. The van der Waals surface area contributed by atoms with Crippen molar-refractivity contribution < 1.29 is 4.74 Å². The molecule has 1 aromatic heterocycles. The summed E-state index contributed by atoms with van der Waals surface area (Å²) in [5.74, 6) is 0. The molecule has 2 unspecified atom stereocenters. The van der Waals surface area contributed by atoms with Gasteiger partial charge in [0, 0.05) is 31.0 Å². The Kier molecular flexibility index (Phi) is 4.51. The summed E-state index contributed by atoms with van der Waals surface area (Å²) in [5, 5.41) is 3.38. The van der Waals surface area contributed by atoms with Crippen molar-refractivity contribution in [3.05, 3.63) is 29.6 Å². The van der Waals surface area contributed by atoms with E-state index in [2.05, 4.69) is 23.3 Å². The summed E-state index contributed by atoms with van der Waals surface area (Å²) in [6.45, 7) is 3.03. The van der Waals surface area contributed by atoms with Crippen molar-refractivity contribution in [1.29, 1.82) is 0 Å². The van der Waals surface area contributed by atoms with Crippen molar-refractivity contribution in [2.75, 3.05) is 13.7 Å². The molecule has 17 heavy (non-hydrogen) atoms. The Hall–Kier alpha value is -0.930. The third kappa shape index (κ3) is 3.27. The van der Waals surface area contributed by atoms with E-state index in [0.717, 1.165) is 19.4 Å². The molecule has 0 spiro atoms. The second-order valence-corrected chi connectivity index (χ2v) is 4.77. The first-order valence-electron chi connectivity index (χ1n) is 6.50. The lowest BCUT2D eigenvalue weighted by atomic mass is 9.97. The molecular weight excluding hydrogens is 212 g/mol. The standard InChI is InChI=1S/C14H22N2O/c1-11-6-5-8-16-12(11)10-13(15-2)14-7-3-4-9-17-14/h5-6,8,13-15H,3-4,7,9-10H2,1-2H3. The molecule has 2 atom stereocenters. The number of ether oxygens (including phenoxy) is 1. The summed E-state index contributed by atoms with van der Waals surface area (Å²) >= 11 is 0. The average Bonchev–Trinajstić information content (AvgIpc) is 2.39. The van der Waals surface area contributed by atoms with Gasteiger partial charge in [-0.2, -0.15) is 0 Å². The van der Waals surface area contributed by atoms with Crippen LogP contribution in [-0.2, 0) is 11.2 Å². The third-order valence-electron chi connectivity index (χ3n) is 3.57. The van der Waals surface area contributed by atoms with E-state index < -0.39 is 0 Å². The number of pyridine rings is 1. The van der Waals surface area contributed by atoms with Crippen molar-refractivity contribution in [2.24, 2.45) is 0 Å². The zero-order valence-electron chi connectivity index (χ0n) is 10.8. The first-order chi connectivity index (χ1) is 8.31. The lowest BCUT2D eigenvalue weighted by Crippen LogP contribution is -2.43. The highest BCUT2D eigenvalue weighted by molar-refractivity contribution is 5.18. The smallest absolute Gasteiger partial charge is 0.0731 e. The van der Waals surface area contributed by atoms with Gasteiger partial charge in [-0.15, -0.1) is 0 Å². The highest BCUT2D eigenvalue weighted by Crippen LogP contribution is 2.18. The molecule has 1 aliphatic heterocycles. The van der Waals surface area contributed by atoms with E-state index in [1.54, 1.807) is 0 Å². The molecule has 0 aliphatic carbocycles. The van der Waals surface area contributed by atoms with E-state index in [9.17, 15) is 0 Å². The summed E-state index contributed by atoms with van der Waals surface area (Å²) in [6.07, 6.45) is 6.82. The predicted octanol–water partition coefficient (Wildman–Crippen LogP) is 2.09. The van der Waals surface area contributed by atoms with Gasteiger partial charge >= 0.3 is 0 Å². The molecule has 1 aromatic rings. The monoisotopic (exact) mass is 234 g/mol. The minimum atomic E-state index is 0.343. The molecule has 0 aromatic carbocycles. The van der Waals surface area contributed by atoms with Crippen molar-refractivity contribution in [1.82, 2.24) is 10.3 Å². The minimum Gasteiger partial charge on any atom is -0.377 e. The number of rotatable bonds is 4. The molecule has 1 fully saturated rings. The quantitative estimate of drug-likeness (QED) is 0.866. The highest BCUT2D eigenvalue weighted by atomic mass is 16.5. The van der Waals surface area contributed by atoms with Crippen LogP contribution in [0.4, 0.5) is 0 Å². The number of nitrogens with zero attached hydrogens (tertiary/aromatic N) is 1. The summed E-state index contributed by atoms with van der Waals surface area (Å²) < 4.78 is 5.85. The van der Waals surface area contributed by atoms with E-state index >= 15 is 0 Å². The number of aromatic nitrogens is 1. The van der Waals surface area contributed by atoms with Crippen LogP contribution in [0.3, 0.4) is 0 Å². The van der Waals surface area contributed by atoms with Crippen LogP contribution >= 0.6 is 0 Å². The molecule has 3 nitrogen and oxygen atoms in total. The van der Waals surface area contributed by atoms with E-state index in [1.165, 1.54) is 24.1 Å². The molecule has 0 radical (unpaired) electrons. The minimum absolute atomic E-state index is 0.343. The molecule has 1 aliphatic rings. The summed E-state index contributed by atoms with van der Waals surface area (Å²) in [4.78, 5) is 4.47. The van der Waals surface area contributed by atoms with Crippen molar-refractivity contribution in [3.63, 3.8) is 0 Å². The molecule has 1 N–H and O–H groups in total. The van der Waals surface area contributed by atoms with Gasteiger partial charge in [-0.25, -0.2) is 0 Å². The lowest BCUT2D eigenvalue weighted by molar-refractivity contribution is -0.00608. The Balaban J connectivity index is 2.01. The van der Waals surface area contributed by atoms with Gasteiger partial charge in [-0.05, 0) is 44.9 Å². The van der Waals surface area contributed by atoms with Crippen LogP contribution in [0.25, 0.3) is 0 Å². The van der Waals surface area contributed by atoms with Crippen LogP contribution in [0.15, 0.2) is 18.3 Å². The van der Waals surface area contributed by atoms with Gasteiger partial charge in [0.15, 0.2) is 0 Å². The fourth-order valence-corrected chi connectivity index (χ4v) is 2.44. The second-order valence-electron chi connectivity index (χ2n) is 4.77. The lowest BCUT2D eigenvalue weighted by Gasteiger charge is -2.30. The van der Waals surface area contributed by atoms with Crippen LogP contribution in [-0.4, -0.2) is 30.8 Å². The van der Waals surface area contributed by atoms with Gasteiger partial charge in [-0.1, -0.05) is 6.07 Å². The molecule has 0 saturated carbocycles. The molecule has 3 heteroatoms. The van der Waals surface area contributed by atoms with Gasteiger partial charge in [0.2, 0.25) is 0 Å². The van der Waals surface area contributed by atoms with Gasteiger partial charge in [0.25, 0.3) is 0 Å². The maximum atomic E-state index is 5.85. The number of nitrogens with one attached hydrogen (secondary N) is 1. The predicted molar refractivity (Wildman–Crippen MR) is 69.1 cm³/mol. The largest absolute Gasteiger partial charge is 0.377 e. The third-order valence-corrected chi connectivity index (χ3v) is 3.57. The average molecular weight is 234 g/mol. The maximum Gasteiger partial charge on any atom is 0.0731 e. The van der Waals surface area contributed by atoms with Crippen LogP contribution in [0.2, 0.25) is 0 Å². The molecule has 2 rings (SSSR count). The second kappa shape index (κ2) is 6.12. The Morgan fingerprint density at radius 1 is 1.53 bits per heavy atom. The normalized spacial score (nSPS) is 22.4. The molecular formula is C14H22N2O. The molecule has 1 saturated heterocycles. The fourth-order valence-electron chi connectivity index (χ4n) is 2.44. The Morgan fingerprint density at radius 3 is 3.06 bits per heavy atom. The topological polar surface area (TPSA) is 34.2 Å². The highest BCUT2D eigenvalue weighted by Gasteiger charge is 2.24.